The van der Waals surface area contributed by atoms with Crippen molar-refractivity contribution in [3.05, 3.63) is 53.9 Å². The number of imidazole rings is 1. The molecule has 1 aliphatic heterocycles. The summed E-state index contributed by atoms with van der Waals surface area (Å²) in [5.41, 5.74) is 3.74. The molecule has 0 spiro atoms. The number of H-pyrrole nitrogens is 1. The number of nitrogens with zero attached hydrogens (tertiary/aromatic N) is 1. The lowest BCUT2D eigenvalue weighted by molar-refractivity contribution is -0.118. The zero-order valence-electron chi connectivity index (χ0n) is 12.6. The molecule has 1 aromatic heterocycles. The normalized spacial score (nSPS) is 13.1. The molecule has 0 bridgehead atoms. The van der Waals surface area contributed by atoms with E-state index in [0.29, 0.717) is 23.5 Å². The van der Waals surface area contributed by atoms with Crippen molar-refractivity contribution < 1.29 is 14.3 Å². The summed E-state index contributed by atoms with van der Waals surface area (Å²) in [5.74, 6) is 0.274. The van der Waals surface area contributed by atoms with Gasteiger partial charge in [0.2, 0.25) is 0 Å². The van der Waals surface area contributed by atoms with Crippen molar-refractivity contribution in [2.45, 2.75) is 6.54 Å². The van der Waals surface area contributed by atoms with Crippen LogP contribution < -0.4 is 15.4 Å². The number of benzene rings is 2. The predicted molar refractivity (Wildman–Crippen MR) is 87.8 cm³/mol. The zero-order valence-corrected chi connectivity index (χ0v) is 12.6. The Balaban J connectivity index is 1.46. The van der Waals surface area contributed by atoms with Crippen LogP contribution in [0.25, 0.3) is 11.0 Å². The molecular weight excluding hydrogens is 308 g/mol. The highest BCUT2D eigenvalue weighted by molar-refractivity contribution is 5.97. The fraction of sp³-hybridized carbons (Fsp3) is 0.118. The van der Waals surface area contributed by atoms with Gasteiger partial charge in [0.05, 0.1) is 23.0 Å². The first-order valence-corrected chi connectivity index (χ1v) is 7.46. The van der Waals surface area contributed by atoms with Gasteiger partial charge in [-0.3, -0.25) is 9.59 Å². The van der Waals surface area contributed by atoms with Crippen LogP contribution in [0.3, 0.4) is 0 Å². The number of aromatic nitrogens is 2. The molecule has 0 saturated carbocycles. The number of hydrogen-bond donors (Lipinski definition) is 3. The number of aromatic amines is 1. The lowest BCUT2D eigenvalue weighted by atomic mass is 10.1. The lowest BCUT2D eigenvalue weighted by Gasteiger charge is -2.18. The van der Waals surface area contributed by atoms with Crippen molar-refractivity contribution in [2.75, 3.05) is 11.9 Å². The molecule has 2 amide bonds. The van der Waals surface area contributed by atoms with Crippen LogP contribution in [0.2, 0.25) is 0 Å². The van der Waals surface area contributed by atoms with Crippen LogP contribution in [0.4, 0.5) is 5.69 Å². The number of fused-ring (bicyclic) bond motifs is 2. The zero-order chi connectivity index (χ0) is 16.5. The van der Waals surface area contributed by atoms with E-state index >= 15 is 0 Å². The number of carbonyl (C=O) groups is 2. The second kappa shape index (κ2) is 5.69. The molecule has 0 radical (unpaired) electrons. The predicted octanol–water partition coefficient (Wildman–Crippen LogP) is 1.82. The molecule has 1 aliphatic rings. The second-order valence-corrected chi connectivity index (χ2v) is 5.48. The summed E-state index contributed by atoms with van der Waals surface area (Å²) in [6.07, 6.45) is 1.60. The number of anilines is 1. The first-order chi connectivity index (χ1) is 11.7. The first-order valence-electron chi connectivity index (χ1n) is 7.46. The van der Waals surface area contributed by atoms with Crippen LogP contribution >= 0.6 is 0 Å². The fourth-order valence-electron chi connectivity index (χ4n) is 2.59. The SMILES string of the molecule is O=C1COc2cc(CNC(=O)c3ccc4nc[nH]c4c3)ccc2N1. The van der Waals surface area contributed by atoms with E-state index in [4.69, 9.17) is 4.74 Å². The number of carbonyl (C=O) groups excluding carboxylic acids is 2. The Morgan fingerprint density at radius 2 is 2.17 bits per heavy atom. The highest BCUT2D eigenvalue weighted by atomic mass is 16.5. The second-order valence-electron chi connectivity index (χ2n) is 5.48. The highest BCUT2D eigenvalue weighted by Crippen LogP contribution is 2.28. The van der Waals surface area contributed by atoms with E-state index in [9.17, 15) is 9.59 Å². The van der Waals surface area contributed by atoms with Gasteiger partial charge in [-0.25, -0.2) is 4.98 Å². The standard InChI is InChI=1S/C17H14N4O3/c22-16-8-24-15-5-10(1-3-13(15)21-16)7-18-17(23)11-2-4-12-14(6-11)20-9-19-12/h1-6,9H,7-8H2,(H,18,23)(H,19,20)(H,21,22). The summed E-state index contributed by atoms with van der Waals surface area (Å²) in [5, 5.41) is 5.60. The van der Waals surface area contributed by atoms with Crippen molar-refractivity contribution in [3.63, 3.8) is 0 Å². The van der Waals surface area contributed by atoms with Crippen LogP contribution in [0.15, 0.2) is 42.7 Å². The van der Waals surface area contributed by atoms with Gasteiger partial charge in [0.1, 0.15) is 5.75 Å². The number of amides is 2. The van der Waals surface area contributed by atoms with Gasteiger partial charge in [0.15, 0.2) is 6.61 Å². The molecule has 7 heteroatoms. The average molecular weight is 322 g/mol. The molecule has 4 rings (SSSR count). The van der Waals surface area contributed by atoms with E-state index in [-0.39, 0.29) is 18.4 Å². The lowest BCUT2D eigenvalue weighted by Crippen LogP contribution is -2.26. The Hall–Kier alpha value is -3.35. The molecule has 7 nitrogen and oxygen atoms in total. The molecule has 3 N–H and O–H groups in total. The largest absolute Gasteiger partial charge is 0.482 e. The maximum Gasteiger partial charge on any atom is 0.262 e. The Bertz CT molecular complexity index is 948. The minimum Gasteiger partial charge on any atom is -0.482 e. The van der Waals surface area contributed by atoms with Crippen LogP contribution in [-0.2, 0) is 11.3 Å². The van der Waals surface area contributed by atoms with Gasteiger partial charge < -0.3 is 20.4 Å². The van der Waals surface area contributed by atoms with Crippen molar-refractivity contribution in [2.24, 2.45) is 0 Å². The molecule has 0 atom stereocenters. The Morgan fingerprint density at radius 3 is 3.08 bits per heavy atom. The molecule has 0 aliphatic carbocycles. The van der Waals surface area contributed by atoms with Crippen molar-refractivity contribution in [3.8, 4) is 5.75 Å². The van der Waals surface area contributed by atoms with E-state index in [1.807, 2.05) is 12.1 Å². The van der Waals surface area contributed by atoms with Gasteiger partial charge in [-0.1, -0.05) is 6.07 Å². The van der Waals surface area contributed by atoms with E-state index in [0.717, 1.165) is 16.6 Å². The van der Waals surface area contributed by atoms with Crippen LogP contribution in [0, 0.1) is 0 Å². The first kappa shape index (κ1) is 14.3. The molecule has 2 heterocycles. The van der Waals surface area contributed by atoms with Gasteiger partial charge in [-0.2, -0.15) is 0 Å². The smallest absolute Gasteiger partial charge is 0.262 e. The third kappa shape index (κ3) is 2.67. The molecule has 3 aromatic rings. The topological polar surface area (TPSA) is 96.1 Å². The van der Waals surface area contributed by atoms with Gasteiger partial charge in [-0.05, 0) is 35.9 Å². The number of hydrogen-bond acceptors (Lipinski definition) is 4. The van der Waals surface area contributed by atoms with Gasteiger partial charge >= 0.3 is 0 Å². The number of nitrogens with one attached hydrogen (secondary N) is 3. The maximum atomic E-state index is 12.3. The molecule has 120 valence electrons. The summed E-state index contributed by atoms with van der Waals surface area (Å²) in [6, 6.07) is 10.7. The molecular formula is C17H14N4O3. The minimum atomic E-state index is -0.169. The summed E-state index contributed by atoms with van der Waals surface area (Å²) >= 11 is 0. The van der Waals surface area contributed by atoms with Gasteiger partial charge in [0, 0.05) is 12.1 Å². The van der Waals surface area contributed by atoms with Crippen molar-refractivity contribution in [1.82, 2.24) is 15.3 Å². The monoisotopic (exact) mass is 322 g/mol. The summed E-state index contributed by atoms with van der Waals surface area (Å²) in [6.45, 7) is 0.372. The number of ether oxygens (including phenoxy) is 1. The molecule has 2 aromatic carbocycles. The Labute approximate surface area is 137 Å². The Morgan fingerprint density at radius 1 is 1.25 bits per heavy atom. The molecule has 0 unspecified atom stereocenters. The summed E-state index contributed by atoms with van der Waals surface area (Å²) in [7, 11) is 0. The van der Waals surface area contributed by atoms with E-state index in [2.05, 4.69) is 20.6 Å². The van der Waals surface area contributed by atoms with Crippen molar-refractivity contribution in [1.29, 1.82) is 0 Å². The van der Waals surface area contributed by atoms with E-state index < -0.39 is 0 Å². The van der Waals surface area contributed by atoms with Crippen LogP contribution in [0.5, 0.6) is 5.75 Å². The number of rotatable bonds is 3. The Kier molecular flexibility index (Phi) is 3.38. The molecule has 24 heavy (non-hydrogen) atoms. The van der Waals surface area contributed by atoms with Gasteiger partial charge in [0.25, 0.3) is 11.8 Å². The summed E-state index contributed by atoms with van der Waals surface area (Å²) in [4.78, 5) is 30.6. The van der Waals surface area contributed by atoms with Gasteiger partial charge in [-0.15, -0.1) is 0 Å². The van der Waals surface area contributed by atoms with Crippen LogP contribution in [0.1, 0.15) is 15.9 Å². The highest BCUT2D eigenvalue weighted by Gasteiger charge is 2.16. The third-order valence-corrected chi connectivity index (χ3v) is 3.81. The summed E-state index contributed by atoms with van der Waals surface area (Å²) < 4.78 is 5.37. The molecule has 0 fully saturated rings. The molecule has 0 saturated heterocycles. The minimum absolute atomic E-state index is 0.00695. The average Bonchev–Trinajstić information content (AvgIpc) is 3.07. The maximum absolute atomic E-state index is 12.3. The fourth-order valence-corrected chi connectivity index (χ4v) is 2.59. The van der Waals surface area contributed by atoms with Crippen molar-refractivity contribution >= 4 is 28.5 Å². The third-order valence-electron chi connectivity index (χ3n) is 3.81. The quantitative estimate of drug-likeness (QED) is 0.685. The van der Waals surface area contributed by atoms with Crippen LogP contribution in [-0.4, -0.2) is 28.4 Å². The van der Waals surface area contributed by atoms with E-state index in [1.165, 1.54) is 0 Å². The van der Waals surface area contributed by atoms with E-state index in [1.54, 1.807) is 30.6 Å².